The lowest BCUT2D eigenvalue weighted by Crippen LogP contribution is -2.24. The van der Waals surface area contributed by atoms with Crippen LogP contribution in [-0.4, -0.2) is 19.7 Å². The maximum atomic E-state index is 13.3. The molecule has 0 aromatic heterocycles. The number of ether oxygens (including phenoxy) is 1. The Morgan fingerprint density at radius 2 is 2.29 bits per heavy atom. The van der Waals surface area contributed by atoms with E-state index in [4.69, 9.17) is 16.3 Å². The van der Waals surface area contributed by atoms with Crippen LogP contribution < -0.4 is 5.32 Å². The van der Waals surface area contributed by atoms with Gasteiger partial charge < -0.3 is 10.1 Å². The van der Waals surface area contributed by atoms with Gasteiger partial charge in [0.25, 0.3) is 0 Å². The van der Waals surface area contributed by atoms with Crippen molar-refractivity contribution in [2.45, 2.75) is 19.4 Å². The van der Waals surface area contributed by atoms with Crippen molar-refractivity contribution >= 4 is 11.6 Å². The van der Waals surface area contributed by atoms with Crippen LogP contribution in [0.2, 0.25) is 5.02 Å². The van der Waals surface area contributed by atoms with E-state index in [1.54, 1.807) is 6.07 Å². The zero-order valence-corrected chi connectivity index (χ0v) is 10.6. The Hall–Kier alpha value is -0.640. The van der Waals surface area contributed by atoms with Crippen LogP contribution in [-0.2, 0) is 4.74 Å². The largest absolute Gasteiger partial charge is 0.373 e. The van der Waals surface area contributed by atoms with E-state index < -0.39 is 0 Å². The van der Waals surface area contributed by atoms with Crippen LogP contribution in [0.25, 0.3) is 0 Å². The topological polar surface area (TPSA) is 21.3 Å². The second-order valence-electron chi connectivity index (χ2n) is 4.35. The molecule has 0 spiro atoms. The lowest BCUT2D eigenvalue weighted by Gasteiger charge is -2.19. The summed E-state index contributed by atoms with van der Waals surface area (Å²) in [6.45, 7) is 4.64. The van der Waals surface area contributed by atoms with Crippen LogP contribution >= 0.6 is 11.6 Å². The van der Waals surface area contributed by atoms with Crippen molar-refractivity contribution in [3.63, 3.8) is 0 Å². The highest BCUT2D eigenvalue weighted by atomic mass is 35.5. The van der Waals surface area contributed by atoms with Gasteiger partial charge in [-0.3, -0.25) is 0 Å². The molecule has 2 unspecified atom stereocenters. The molecule has 1 saturated heterocycles. The summed E-state index contributed by atoms with van der Waals surface area (Å²) in [6.07, 6.45) is 0.966. The Bertz CT molecular complexity index is 365. The summed E-state index contributed by atoms with van der Waals surface area (Å²) in [5, 5.41) is 3.74. The summed E-state index contributed by atoms with van der Waals surface area (Å²) in [7, 11) is 0. The number of benzene rings is 1. The zero-order chi connectivity index (χ0) is 12.3. The lowest BCUT2D eigenvalue weighted by molar-refractivity contribution is 0.0904. The van der Waals surface area contributed by atoms with Crippen LogP contribution in [0, 0.1) is 11.7 Å². The van der Waals surface area contributed by atoms with Crippen molar-refractivity contribution in [2.24, 2.45) is 5.92 Å². The molecule has 4 heteroatoms. The van der Waals surface area contributed by atoms with Gasteiger partial charge in [0, 0.05) is 24.1 Å². The van der Waals surface area contributed by atoms with E-state index >= 15 is 0 Å². The average Bonchev–Trinajstić information content (AvgIpc) is 2.73. The minimum Gasteiger partial charge on any atom is -0.373 e. The number of rotatable bonds is 4. The molecule has 1 aliphatic rings. The minimum atomic E-state index is -0.301. The van der Waals surface area contributed by atoms with Gasteiger partial charge in [-0.25, -0.2) is 4.39 Å². The van der Waals surface area contributed by atoms with Crippen molar-refractivity contribution < 1.29 is 9.13 Å². The molecule has 1 aromatic carbocycles. The number of hydrogen-bond acceptors (Lipinski definition) is 2. The standard InChI is InChI=1S/C13H17ClFNO/c1-2-16-8-9-3-4-17-13(9)10-5-11(14)7-12(15)6-10/h5-7,9,13,16H,2-4,8H2,1H3. The van der Waals surface area contributed by atoms with E-state index in [1.165, 1.54) is 12.1 Å². The van der Waals surface area contributed by atoms with Gasteiger partial charge >= 0.3 is 0 Å². The highest BCUT2D eigenvalue weighted by Gasteiger charge is 2.29. The SMILES string of the molecule is CCNCC1CCOC1c1cc(F)cc(Cl)c1. The van der Waals surface area contributed by atoms with Crippen LogP contribution in [0.3, 0.4) is 0 Å². The van der Waals surface area contributed by atoms with Gasteiger partial charge in [-0.15, -0.1) is 0 Å². The Labute approximate surface area is 106 Å². The van der Waals surface area contributed by atoms with Crippen molar-refractivity contribution in [3.8, 4) is 0 Å². The molecule has 0 radical (unpaired) electrons. The summed E-state index contributed by atoms with van der Waals surface area (Å²) in [5.74, 6) is 0.0954. The Kier molecular flexibility index (Phi) is 4.37. The first kappa shape index (κ1) is 12.8. The molecule has 2 atom stereocenters. The van der Waals surface area contributed by atoms with Crippen LogP contribution in [0.15, 0.2) is 18.2 Å². The van der Waals surface area contributed by atoms with Gasteiger partial charge in [0.2, 0.25) is 0 Å². The molecule has 1 N–H and O–H groups in total. The molecule has 1 heterocycles. The molecule has 0 saturated carbocycles. The average molecular weight is 258 g/mol. The zero-order valence-electron chi connectivity index (χ0n) is 9.88. The molecule has 2 rings (SSSR count). The fourth-order valence-electron chi connectivity index (χ4n) is 2.28. The summed E-state index contributed by atoms with van der Waals surface area (Å²) < 4.78 is 19.0. The Morgan fingerprint density at radius 3 is 3.00 bits per heavy atom. The summed E-state index contributed by atoms with van der Waals surface area (Å²) >= 11 is 5.87. The molecule has 1 aromatic rings. The van der Waals surface area contributed by atoms with E-state index in [2.05, 4.69) is 12.2 Å². The molecule has 0 aliphatic carbocycles. The fourth-order valence-corrected chi connectivity index (χ4v) is 2.51. The molecule has 1 aliphatic heterocycles. The smallest absolute Gasteiger partial charge is 0.125 e. The Balaban J connectivity index is 2.14. The van der Waals surface area contributed by atoms with E-state index in [1.807, 2.05) is 0 Å². The molecule has 0 amide bonds. The predicted molar refractivity (Wildman–Crippen MR) is 66.8 cm³/mol. The third-order valence-electron chi connectivity index (χ3n) is 3.08. The molecule has 17 heavy (non-hydrogen) atoms. The summed E-state index contributed by atoms with van der Waals surface area (Å²) in [4.78, 5) is 0. The fraction of sp³-hybridized carbons (Fsp3) is 0.538. The molecule has 0 bridgehead atoms. The minimum absolute atomic E-state index is 0.0396. The van der Waals surface area contributed by atoms with Gasteiger partial charge in [-0.05, 0) is 36.7 Å². The third-order valence-corrected chi connectivity index (χ3v) is 3.30. The molecular weight excluding hydrogens is 241 g/mol. The van der Waals surface area contributed by atoms with Gasteiger partial charge in [-0.1, -0.05) is 18.5 Å². The van der Waals surface area contributed by atoms with E-state index in [-0.39, 0.29) is 11.9 Å². The van der Waals surface area contributed by atoms with Crippen molar-refractivity contribution in [1.29, 1.82) is 0 Å². The number of nitrogens with one attached hydrogen (secondary N) is 1. The number of halogens is 2. The summed E-state index contributed by atoms with van der Waals surface area (Å²) in [5.41, 5.74) is 0.843. The van der Waals surface area contributed by atoms with Gasteiger partial charge in [0.05, 0.1) is 6.10 Å². The van der Waals surface area contributed by atoms with Crippen LogP contribution in [0.4, 0.5) is 4.39 Å². The maximum absolute atomic E-state index is 13.3. The second-order valence-corrected chi connectivity index (χ2v) is 4.79. The van der Waals surface area contributed by atoms with E-state index in [9.17, 15) is 4.39 Å². The monoisotopic (exact) mass is 257 g/mol. The van der Waals surface area contributed by atoms with Crippen molar-refractivity contribution in [3.05, 3.63) is 34.6 Å². The third kappa shape index (κ3) is 3.18. The van der Waals surface area contributed by atoms with Gasteiger partial charge in [-0.2, -0.15) is 0 Å². The molecular formula is C13H17ClFNO. The van der Waals surface area contributed by atoms with Gasteiger partial charge in [0.15, 0.2) is 0 Å². The van der Waals surface area contributed by atoms with Crippen LogP contribution in [0.5, 0.6) is 0 Å². The normalized spacial score (nSPS) is 24.2. The molecule has 1 fully saturated rings. The molecule has 94 valence electrons. The summed E-state index contributed by atoms with van der Waals surface area (Å²) in [6, 6.07) is 4.62. The quantitative estimate of drug-likeness (QED) is 0.895. The predicted octanol–water partition coefficient (Wildman–Crippen LogP) is 3.17. The highest BCUT2D eigenvalue weighted by molar-refractivity contribution is 6.30. The van der Waals surface area contributed by atoms with E-state index in [0.717, 1.165) is 31.7 Å². The van der Waals surface area contributed by atoms with Crippen LogP contribution in [0.1, 0.15) is 25.0 Å². The maximum Gasteiger partial charge on any atom is 0.125 e. The first-order valence-corrected chi connectivity index (χ1v) is 6.37. The van der Waals surface area contributed by atoms with Gasteiger partial charge in [0.1, 0.15) is 5.82 Å². The highest BCUT2D eigenvalue weighted by Crippen LogP contribution is 2.35. The first-order valence-electron chi connectivity index (χ1n) is 5.99. The second kappa shape index (κ2) is 5.80. The first-order chi connectivity index (χ1) is 8.20. The molecule has 2 nitrogen and oxygen atoms in total. The van der Waals surface area contributed by atoms with Crippen molar-refractivity contribution in [2.75, 3.05) is 19.7 Å². The lowest BCUT2D eigenvalue weighted by atomic mass is 9.95. The van der Waals surface area contributed by atoms with E-state index in [0.29, 0.717) is 10.9 Å². The number of hydrogen-bond donors (Lipinski definition) is 1. The van der Waals surface area contributed by atoms with Crippen molar-refractivity contribution in [1.82, 2.24) is 5.32 Å². The Morgan fingerprint density at radius 1 is 1.47 bits per heavy atom.